The van der Waals surface area contributed by atoms with Crippen LogP contribution in [0.4, 0.5) is 4.79 Å². The molecule has 0 unspecified atom stereocenters. The van der Waals surface area contributed by atoms with E-state index in [9.17, 15) is 9.59 Å². The van der Waals surface area contributed by atoms with Gasteiger partial charge < -0.3 is 0 Å². The number of nitrogens with zero attached hydrogens (tertiary/aromatic N) is 1. The minimum atomic E-state index is -0.339. The number of hydrogen-bond acceptors (Lipinski definition) is 4. The summed E-state index contributed by atoms with van der Waals surface area (Å²) in [6.07, 6.45) is 0. The van der Waals surface area contributed by atoms with Gasteiger partial charge in [0.15, 0.2) is 0 Å². The van der Waals surface area contributed by atoms with E-state index >= 15 is 0 Å². The number of carbonyl (C=O) groups is 2. The van der Waals surface area contributed by atoms with Crippen molar-refractivity contribution in [3.05, 3.63) is 30.3 Å². The van der Waals surface area contributed by atoms with E-state index in [4.69, 9.17) is 0 Å². The van der Waals surface area contributed by atoms with Crippen LogP contribution in [0, 0.1) is 0 Å². The SMILES string of the molecule is O=C1CN(SSc2ccccc2)C(=O)N1. The van der Waals surface area contributed by atoms with E-state index in [1.165, 1.54) is 26.1 Å². The lowest BCUT2D eigenvalue weighted by Gasteiger charge is -2.09. The van der Waals surface area contributed by atoms with Crippen LogP contribution in [-0.4, -0.2) is 22.8 Å². The quantitative estimate of drug-likeness (QED) is 0.498. The Labute approximate surface area is 94.9 Å². The third kappa shape index (κ3) is 2.66. The summed E-state index contributed by atoms with van der Waals surface area (Å²) < 4.78 is 1.40. The molecule has 0 radical (unpaired) electrons. The zero-order valence-corrected chi connectivity index (χ0v) is 9.31. The number of benzene rings is 1. The number of amides is 3. The van der Waals surface area contributed by atoms with Gasteiger partial charge in [0.05, 0.1) is 0 Å². The summed E-state index contributed by atoms with van der Waals surface area (Å²) in [5.41, 5.74) is 0. The first-order valence-electron chi connectivity index (χ1n) is 4.27. The lowest BCUT2D eigenvalue weighted by atomic mass is 10.4. The van der Waals surface area contributed by atoms with Gasteiger partial charge >= 0.3 is 6.03 Å². The van der Waals surface area contributed by atoms with Gasteiger partial charge in [0.2, 0.25) is 5.91 Å². The van der Waals surface area contributed by atoms with Crippen molar-refractivity contribution in [2.24, 2.45) is 0 Å². The fourth-order valence-corrected chi connectivity index (χ4v) is 3.00. The molecule has 1 heterocycles. The fourth-order valence-electron chi connectivity index (χ4n) is 1.05. The lowest BCUT2D eigenvalue weighted by Crippen LogP contribution is -2.22. The molecule has 1 aliphatic heterocycles. The fraction of sp³-hybridized carbons (Fsp3) is 0.111. The van der Waals surface area contributed by atoms with Crippen LogP contribution in [0.25, 0.3) is 0 Å². The van der Waals surface area contributed by atoms with Crippen LogP contribution >= 0.6 is 21.8 Å². The average Bonchev–Trinajstić information content (AvgIpc) is 2.56. The minimum absolute atomic E-state index is 0.128. The third-order valence-electron chi connectivity index (χ3n) is 1.73. The van der Waals surface area contributed by atoms with Gasteiger partial charge in [0.25, 0.3) is 0 Å². The maximum absolute atomic E-state index is 11.2. The Kier molecular flexibility index (Phi) is 3.17. The van der Waals surface area contributed by atoms with Gasteiger partial charge in [0, 0.05) is 15.9 Å². The number of rotatable bonds is 3. The summed E-state index contributed by atoms with van der Waals surface area (Å²) in [7, 11) is 2.72. The third-order valence-corrected chi connectivity index (χ3v) is 4.08. The zero-order valence-electron chi connectivity index (χ0n) is 7.67. The van der Waals surface area contributed by atoms with Crippen LogP contribution in [0.5, 0.6) is 0 Å². The van der Waals surface area contributed by atoms with Crippen molar-refractivity contribution in [2.75, 3.05) is 6.54 Å². The predicted octanol–water partition coefficient (Wildman–Crippen LogP) is 1.89. The normalized spacial score (nSPS) is 15.6. The Morgan fingerprint density at radius 1 is 1.20 bits per heavy atom. The molecule has 0 saturated carbocycles. The summed E-state index contributed by atoms with van der Waals surface area (Å²) in [4.78, 5) is 23.1. The van der Waals surface area contributed by atoms with E-state index in [1.54, 1.807) is 0 Å². The van der Waals surface area contributed by atoms with E-state index in [2.05, 4.69) is 5.32 Å². The maximum Gasteiger partial charge on any atom is 0.335 e. The van der Waals surface area contributed by atoms with Gasteiger partial charge in [-0.05, 0) is 22.9 Å². The first-order chi connectivity index (χ1) is 7.25. The molecule has 15 heavy (non-hydrogen) atoms. The van der Waals surface area contributed by atoms with Crippen LogP contribution in [0.3, 0.4) is 0 Å². The van der Waals surface area contributed by atoms with Crippen LogP contribution in [-0.2, 0) is 4.79 Å². The molecule has 1 saturated heterocycles. The Morgan fingerprint density at radius 3 is 2.53 bits per heavy atom. The standard InChI is InChI=1S/C9H8N2O2S2/c12-8-6-11(9(13)10-8)15-14-7-4-2-1-3-5-7/h1-5H,6H2,(H,10,12,13). The highest BCUT2D eigenvalue weighted by atomic mass is 33.1. The monoisotopic (exact) mass is 240 g/mol. The second kappa shape index (κ2) is 4.59. The minimum Gasteiger partial charge on any atom is -0.276 e. The lowest BCUT2D eigenvalue weighted by molar-refractivity contribution is -0.118. The molecule has 1 fully saturated rings. The smallest absolute Gasteiger partial charge is 0.276 e. The Morgan fingerprint density at radius 2 is 1.93 bits per heavy atom. The molecule has 1 aromatic rings. The van der Waals surface area contributed by atoms with E-state index in [0.29, 0.717) is 0 Å². The first kappa shape index (κ1) is 10.4. The molecule has 3 amide bonds. The molecular formula is C9H8N2O2S2. The Balaban J connectivity index is 1.89. The second-order valence-electron chi connectivity index (χ2n) is 2.86. The molecule has 0 aromatic heterocycles. The van der Waals surface area contributed by atoms with E-state index in [0.717, 1.165) is 4.90 Å². The Hall–Kier alpha value is -1.14. The number of hydrogen-bond donors (Lipinski definition) is 1. The molecule has 0 aliphatic carbocycles. The van der Waals surface area contributed by atoms with E-state index in [1.807, 2.05) is 30.3 Å². The van der Waals surface area contributed by atoms with Gasteiger partial charge in [0.1, 0.15) is 6.54 Å². The van der Waals surface area contributed by atoms with E-state index < -0.39 is 0 Å². The molecule has 0 atom stereocenters. The van der Waals surface area contributed by atoms with E-state index in [-0.39, 0.29) is 18.5 Å². The summed E-state index contributed by atoms with van der Waals surface area (Å²) >= 11 is 0. The number of carbonyl (C=O) groups excluding carboxylic acids is 2. The van der Waals surface area contributed by atoms with Crippen molar-refractivity contribution >= 4 is 33.7 Å². The van der Waals surface area contributed by atoms with Gasteiger partial charge in [-0.25, -0.2) is 9.10 Å². The molecule has 0 spiro atoms. The maximum atomic E-state index is 11.2. The van der Waals surface area contributed by atoms with Crippen molar-refractivity contribution in [3.8, 4) is 0 Å². The van der Waals surface area contributed by atoms with Crippen LogP contribution in [0.15, 0.2) is 35.2 Å². The van der Waals surface area contributed by atoms with Crippen LogP contribution in [0.1, 0.15) is 0 Å². The number of urea groups is 1. The number of nitrogens with one attached hydrogen (secondary N) is 1. The van der Waals surface area contributed by atoms with Crippen molar-refractivity contribution in [2.45, 2.75) is 4.90 Å². The number of imide groups is 1. The molecule has 0 bridgehead atoms. The van der Waals surface area contributed by atoms with Gasteiger partial charge in [-0.3, -0.25) is 10.1 Å². The summed E-state index contributed by atoms with van der Waals surface area (Å²) in [5.74, 6) is -0.249. The summed E-state index contributed by atoms with van der Waals surface area (Å²) in [5, 5.41) is 2.22. The Bertz CT molecular complexity index is 383. The molecular weight excluding hydrogens is 232 g/mol. The predicted molar refractivity (Wildman–Crippen MR) is 60.1 cm³/mol. The molecule has 1 aliphatic rings. The highest BCUT2D eigenvalue weighted by Gasteiger charge is 2.27. The summed E-state index contributed by atoms with van der Waals surface area (Å²) in [6.45, 7) is 0.128. The van der Waals surface area contributed by atoms with Crippen LogP contribution < -0.4 is 5.32 Å². The summed E-state index contributed by atoms with van der Waals surface area (Å²) in [6, 6.07) is 9.35. The zero-order chi connectivity index (χ0) is 10.7. The largest absolute Gasteiger partial charge is 0.335 e. The van der Waals surface area contributed by atoms with Crippen molar-refractivity contribution < 1.29 is 9.59 Å². The molecule has 4 nitrogen and oxygen atoms in total. The molecule has 78 valence electrons. The molecule has 2 rings (SSSR count). The average molecular weight is 240 g/mol. The van der Waals surface area contributed by atoms with Gasteiger partial charge in [-0.1, -0.05) is 18.2 Å². The van der Waals surface area contributed by atoms with Crippen molar-refractivity contribution in [1.29, 1.82) is 0 Å². The molecule has 1 aromatic carbocycles. The highest BCUT2D eigenvalue weighted by Crippen LogP contribution is 2.34. The topological polar surface area (TPSA) is 49.4 Å². The highest BCUT2D eigenvalue weighted by molar-refractivity contribution is 8.76. The second-order valence-corrected chi connectivity index (χ2v) is 5.04. The molecule has 1 N–H and O–H groups in total. The van der Waals surface area contributed by atoms with Crippen LogP contribution in [0.2, 0.25) is 0 Å². The van der Waals surface area contributed by atoms with Crippen molar-refractivity contribution in [3.63, 3.8) is 0 Å². The van der Waals surface area contributed by atoms with Gasteiger partial charge in [-0.15, -0.1) is 0 Å². The first-order valence-corrected chi connectivity index (χ1v) is 6.37. The van der Waals surface area contributed by atoms with Gasteiger partial charge in [-0.2, -0.15) is 0 Å². The van der Waals surface area contributed by atoms with Crippen molar-refractivity contribution in [1.82, 2.24) is 9.62 Å². The molecule has 6 heteroatoms.